The number of benzene rings is 1. The molecule has 0 spiro atoms. The molecule has 26 heavy (non-hydrogen) atoms. The maximum absolute atomic E-state index is 12.7. The van der Waals surface area contributed by atoms with Gasteiger partial charge in [0.2, 0.25) is 5.91 Å². The molecule has 0 saturated carbocycles. The predicted molar refractivity (Wildman–Crippen MR) is 96.4 cm³/mol. The van der Waals surface area contributed by atoms with E-state index in [0.29, 0.717) is 30.8 Å². The molecule has 4 rings (SSSR count). The van der Waals surface area contributed by atoms with Crippen LogP contribution in [0.1, 0.15) is 32.2 Å². The SMILES string of the molecule is Cn1cccc1C(=O)N1CCc2nc(-c3ccc(C(N)=O)cc3)[nH]c2C1. The molecule has 1 aliphatic rings. The molecule has 0 aliphatic carbocycles. The molecule has 0 atom stereocenters. The summed E-state index contributed by atoms with van der Waals surface area (Å²) < 4.78 is 1.83. The largest absolute Gasteiger partial charge is 0.366 e. The second-order valence-corrected chi connectivity index (χ2v) is 6.43. The van der Waals surface area contributed by atoms with Gasteiger partial charge < -0.3 is 20.2 Å². The molecule has 3 aromatic rings. The van der Waals surface area contributed by atoms with Crippen LogP contribution in [0.2, 0.25) is 0 Å². The molecule has 2 aromatic heterocycles. The van der Waals surface area contributed by atoms with E-state index in [0.717, 1.165) is 22.8 Å². The van der Waals surface area contributed by atoms with E-state index in [1.54, 1.807) is 12.1 Å². The number of primary amides is 1. The van der Waals surface area contributed by atoms with Gasteiger partial charge in [-0.1, -0.05) is 12.1 Å². The Morgan fingerprint density at radius 2 is 1.96 bits per heavy atom. The Labute approximate surface area is 150 Å². The highest BCUT2D eigenvalue weighted by atomic mass is 16.2. The van der Waals surface area contributed by atoms with Crippen molar-refractivity contribution in [1.82, 2.24) is 19.4 Å². The molecule has 0 unspecified atom stereocenters. The summed E-state index contributed by atoms with van der Waals surface area (Å²) in [5.41, 5.74) is 9.23. The highest BCUT2D eigenvalue weighted by Gasteiger charge is 2.25. The van der Waals surface area contributed by atoms with Crippen LogP contribution in [0.15, 0.2) is 42.6 Å². The number of aryl methyl sites for hydroxylation is 1. The maximum atomic E-state index is 12.7. The quantitative estimate of drug-likeness (QED) is 0.753. The van der Waals surface area contributed by atoms with Crippen LogP contribution in [-0.2, 0) is 20.0 Å². The number of fused-ring (bicyclic) bond motifs is 1. The summed E-state index contributed by atoms with van der Waals surface area (Å²) in [4.78, 5) is 33.7. The number of imidazole rings is 1. The molecule has 1 aromatic carbocycles. The van der Waals surface area contributed by atoms with Gasteiger partial charge in [-0.3, -0.25) is 9.59 Å². The van der Waals surface area contributed by atoms with E-state index in [9.17, 15) is 9.59 Å². The lowest BCUT2D eigenvalue weighted by atomic mass is 10.1. The Hall–Kier alpha value is -3.35. The van der Waals surface area contributed by atoms with Gasteiger partial charge in [-0.15, -0.1) is 0 Å². The van der Waals surface area contributed by atoms with Gasteiger partial charge >= 0.3 is 0 Å². The standard InChI is InChI=1S/C19H19N5O2/c1-23-9-2-3-16(23)19(26)24-10-8-14-15(11-24)22-18(21-14)13-6-4-12(5-7-13)17(20)25/h2-7,9H,8,10-11H2,1H3,(H2,20,25)(H,21,22). The average Bonchev–Trinajstić information content (AvgIpc) is 3.26. The van der Waals surface area contributed by atoms with Crippen LogP contribution >= 0.6 is 0 Å². The fourth-order valence-electron chi connectivity index (χ4n) is 3.24. The third-order valence-corrected chi connectivity index (χ3v) is 4.72. The highest BCUT2D eigenvalue weighted by molar-refractivity contribution is 5.93. The lowest BCUT2D eigenvalue weighted by molar-refractivity contribution is 0.0722. The van der Waals surface area contributed by atoms with E-state index < -0.39 is 5.91 Å². The third-order valence-electron chi connectivity index (χ3n) is 4.72. The number of hydrogen-bond donors (Lipinski definition) is 2. The molecular weight excluding hydrogens is 330 g/mol. The Balaban J connectivity index is 1.56. The first-order valence-electron chi connectivity index (χ1n) is 8.41. The van der Waals surface area contributed by atoms with Crippen molar-refractivity contribution in [1.29, 1.82) is 0 Å². The first-order chi connectivity index (χ1) is 12.5. The van der Waals surface area contributed by atoms with Crippen molar-refractivity contribution in [2.24, 2.45) is 12.8 Å². The first-order valence-corrected chi connectivity index (χ1v) is 8.41. The summed E-state index contributed by atoms with van der Waals surface area (Å²) in [5.74, 6) is 0.300. The second kappa shape index (κ2) is 6.18. The van der Waals surface area contributed by atoms with E-state index >= 15 is 0 Å². The first kappa shape index (κ1) is 16.1. The Kier molecular flexibility index (Phi) is 3.84. The van der Waals surface area contributed by atoms with Crippen LogP contribution in [0.5, 0.6) is 0 Å². The third kappa shape index (κ3) is 2.77. The van der Waals surface area contributed by atoms with E-state index in [2.05, 4.69) is 9.97 Å². The minimum atomic E-state index is -0.454. The molecule has 7 nitrogen and oxygen atoms in total. The lowest BCUT2D eigenvalue weighted by Crippen LogP contribution is -2.36. The molecule has 3 heterocycles. The summed E-state index contributed by atoms with van der Waals surface area (Å²) in [7, 11) is 1.87. The average molecular weight is 349 g/mol. The molecule has 0 radical (unpaired) electrons. The number of carbonyl (C=O) groups excluding carboxylic acids is 2. The monoisotopic (exact) mass is 349 g/mol. The zero-order valence-corrected chi connectivity index (χ0v) is 14.4. The summed E-state index contributed by atoms with van der Waals surface area (Å²) in [6.45, 7) is 1.15. The van der Waals surface area contributed by atoms with Crippen molar-refractivity contribution in [3.8, 4) is 11.4 Å². The van der Waals surface area contributed by atoms with Crippen LogP contribution < -0.4 is 5.73 Å². The minimum absolute atomic E-state index is 0.0186. The van der Waals surface area contributed by atoms with Gasteiger partial charge in [0.15, 0.2) is 0 Å². The zero-order chi connectivity index (χ0) is 18.3. The highest BCUT2D eigenvalue weighted by Crippen LogP contribution is 2.24. The minimum Gasteiger partial charge on any atom is -0.366 e. The number of hydrogen-bond acceptors (Lipinski definition) is 3. The van der Waals surface area contributed by atoms with Crippen LogP contribution in [0.4, 0.5) is 0 Å². The van der Waals surface area contributed by atoms with E-state index in [1.807, 2.05) is 47.0 Å². The topological polar surface area (TPSA) is 97.0 Å². The number of aromatic nitrogens is 3. The Morgan fingerprint density at radius 1 is 1.19 bits per heavy atom. The van der Waals surface area contributed by atoms with Gasteiger partial charge in [0.05, 0.1) is 17.9 Å². The normalized spacial score (nSPS) is 13.5. The van der Waals surface area contributed by atoms with Gasteiger partial charge in [0, 0.05) is 37.3 Å². The molecule has 1 aliphatic heterocycles. The van der Waals surface area contributed by atoms with Crippen molar-refractivity contribution >= 4 is 11.8 Å². The van der Waals surface area contributed by atoms with Crippen molar-refractivity contribution < 1.29 is 9.59 Å². The molecular formula is C19H19N5O2. The van der Waals surface area contributed by atoms with Gasteiger partial charge in [0.1, 0.15) is 11.5 Å². The molecule has 2 amide bonds. The smallest absolute Gasteiger partial charge is 0.270 e. The number of nitrogens with zero attached hydrogens (tertiary/aromatic N) is 3. The number of amides is 2. The van der Waals surface area contributed by atoms with Crippen LogP contribution in [0.3, 0.4) is 0 Å². The molecule has 0 bridgehead atoms. The number of aromatic amines is 1. The maximum Gasteiger partial charge on any atom is 0.270 e. The van der Waals surface area contributed by atoms with Crippen molar-refractivity contribution in [2.45, 2.75) is 13.0 Å². The van der Waals surface area contributed by atoms with Gasteiger partial charge in [-0.05, 0) is 24.3 Å². The van der Waals surface area contributed by atoms with Gasteiger partial charge in [0.25, 0.3) is 5.91 Å². The molecule has 132 valence electrons. The van der Waals surface area contributed by atoms with Crippen LogP contribution in [-0.4, -0.2) is 37.8 Å². The van der Waals surface area contributed by atoms with Crippen molar-refractivity contribution in [3.05, 3.63) is 65.2 Å². The zero-order valence-electron chi connectivity index (χ0n) is 14.4. The molecule has 0 saturated heterocycles. The number of H-pyrrole nitrogens is 1. The molecule has 3 N–H and O–H groups in total. The summed E-state index contributed by atoms with van der Waals surface area (Å²) in [5, 5.41) is 0. The number of carbonyl (C=O) groups is 2. The predicted octanol–water partition coefficient (Wildman–Crippen LogP) is 1.71. The van der Waals surface area contributed by atoms with Gasteiger partial charge in [-0.2, -0.15) is 0 Å². The van der Waals surface area contributed by atoms with E-state index in [4.69, 9.17) is 5.73 Å². The Bertz CT molecular complexity index is 984. The fraction of sp³-hybridized carbons (Fsp3) is 0.211. The number of nitrogens with one attached hydrogen (secondary N) is 1. The number of nitrogens with two attached hydrogens (primary N) is 1. The molecule has 7 heteroatoms. The molecule has 0 fully saturated rings. The van der Waals surface area contributed by atoms with Crippen LogP contribution in [0, 0.1) is 0 Å². The van der Waals surface area contributed by atoms with E-state index in [-0.39, 0.29) is 5.91 Å². The van der Waals surface area contributed by atoms with Crippen molar-refractivity contribution in [3.63, 3.8) is 0 Å². The van der Waals surface area contributed by atoms with Crippen molar-refractivity contribution in [2.75, 3.05) is 6.54 Å². The fourth-order valence-corrected chi connectivity index (χ4v) is 3.24. The summed E-state index contributed by atoms with van der Waals surface area (Å²) in [6, 6.07) is 10.7. The summed E-state index contributed by atoms with van der Waals surface area (Å²) >= 11 is 0. The van der Waals surface area contributed by atoms with Gasteiger partial charge in [-0.25, -0.2) is 4.98 Å². The van der Waals surface area contributed by atoms with Crippen LogP contribution in [0.25, 0.3) is 11.4 Å². The number of rotatable bonds is 3. The Morgan fingerprint density at radius 3 is 2.62 bits per heavy atom. The summed E-state index contributed by atoms with van der Waals surface area (Å²) in [6.07, 6.45) is 2.58. The lowest BCUT2D eigenvalue weighted by Gasteiger charge is -2.26. The second-order valence-electron chi connectivity index (χ2n) is 6.43. The van der Waals surface area contributed by atoms with E-state index in [1.165, 1.54) is 0 Å².